The summed E-state index contributed by atoms with van der Waals surface area (Å²) in [5.41, 5.74) is -0.0831. The number of rotatable bonds is 4. The van der Waals surface area contributed by atoms with Gasteiger partial charge in [-0.05, 0) is 39.5 Å². The van der Waals surface area contributed by atoms with Crippen molar-refractivity contribution in [2.75, 3.05) is 19.6 Å². The van der Waals surface area contributed by atoms with E-state index >= 15 is 0 Å². The van der Waals surface area contributed by atoms with E-state index in [1.165, 1.54) is 19.3 Å². The molecule has 0 radical (unpaired) electrons. The van der Waals surface area contributed by atoms with Crippen LogP contribution in [-0.4, -0.2) is 48.1 Å². The number of hydrogen-bond acceptors (Lipinski definition) is 3. The van der Waals surface area contributed by atoms with E-state index in [4.69, 9.17) is 0 Å². The lowest BCUT2D eigenvalue weighted by atomic mass is 10.0. The number of hydrogen-bond donors (Lipinski definition) is 2. The summed E-state index contributed by atoms with van der Waals surface area (Å²) >= 11 is 0. The van der Waals surface area contributed by atoms with Crippen molar-refractivity contribution in [3.8, 4) is 0 Å². The smallest absolute Gasteiger partial charge is 0.234 e. The van der Waals surface area contributed by atoms with Gasteiger partial charge in [-0.3, -0.25) is 9.69 Å². The fraction of sp³-hybridized carbons (Fsp3) is 0.929. The summed E-state index contributed by atoms with van der Waals surface area (Å²) in [5.74, 6) is 0.166. The zero-order valence-corrected chi connectivity index (χ0v) is 12.0. The average molecular weight is 253 g/mol. The lowest BCUT2D eigenvalue weighted by Crippen LogP contribution is -2.48. The molecule has 0 spiro atoms. The first kappa shape index (κ1) is 13.8. The van der Waals surface area contributed by atoms with Crippen LogP contribution in [0, 0.1) is 0 Å². The molecule has 0 aromatic carbocycles. The topological polar surface area (TPSA) is 44.4 Å². The van der Waals surface area contributed by atoms with Crippen molar-refractivity contribution < 1.29 is 4.79 Å². The highest BCUT2D eigenvalue weighted by Gasteiger charge is 2.30. The van der Waals surface area contributed by atoms with Gasteiger partial charge < -0.3 is 10.6 Å². The molecule has 18 heavy (non-hydrogen) atoms. The molecule has 2 saturated heterocycles. The predicted octanol–water partition coefficient (Wildman–Crippen LogP) is 1.12. The molecule has 104 valence electrons. The Kier molecular flexibility index (Phi) is 4.28. The number of fused-ring (bicyclic) bond motifs is 2. The van der Waals surface area contributed by atoms with Crippen LogP contribution in [0.1, 0.15) is 46.5 Å². The molecule has 2 N–H and O–H groups in total. The molecule has 0 aromatic heterocycles. The van der Waals surface area contributed by atoms with Crippen molar-refractivity contribution in [2.24, 2.45) is 0 Å². The Morgan fingerprint density at radius 1 is 1.33 bits per heavy atom. The molecule has 4 nitrogen and oxygen atoms in total. The quantitative estimate of drug-likeness (QED) is 0.789. The monoisotopic (exact) mass is 253 g/mol. The van der Waals surface area contributed by atoms with Gasteiger partial charge in [0, 0.05) is 30.7 Å². The zero-order valence-electron chi connectivity index (χ0n) is 12.0. The van der Waals surface area contributed by atoms with E-state index in [0.717, 1.165) is 19.5 Å². The maximum Gasteiger partial charge on any atom is 0.234 e. The van der Waals surface area contributed by atoms with Crippen molar-refractivity contribution in [3.05, 3.63) is 0 Å². The maximum absolute atomic E-state index is 12.0. The predicted molar refractivity (Wildman–Crippen MR) is 73.5 cm³/mol. The third-order valence-electron chi connectivity index (χ3n) is 4.34. The Balaban J connectivity index is 1.80. The summed E-state index contributed by atoms with van der Waals surface area (Å²) in [5, 5.41) is 6.76. The molecular weight excluding hydrogens is 226 g/mol. The summed E-state index contributed by atoms with van der Waals surface area (Å²) in [6.45, 7) is 8.89. The largest absolute Gasteiger partial charge is 0.350 e. The Morgan fingerprint density at radius 2 is 2.06 bits per heavy atom. The molecule has 2 heterocycles. The van der Waals surface area contributed by atoms with Crippen LogP contribution in [0.4, 0.5) is 0 Å². The highest BCUT2D eigenvalue weighted by Crippen LogP contribution is 2.20. The SMILES string of the molecule is CCC(C)(C)NC(=O)CN1CCC2CCC(C1)N2. The van der Waals surface area contributed by atoms with Crippen LogP contribution in [-0.2, 0) is 4.79 Å². The van der Waals surface area contributed by atoms with Gasteiger partial charge in [-0.15, -0.1) is 0 Å². The first-order valence-corrected chi connectivity index (χ1v) is 7.28. The minimum Gasteiger partial charge on any atom is -0.350 e. The standard InChI is InChI=1S/C14H27N3O/c1-4-14(2,3)16-13(18)10-17-8-7-11-5-6-12(9-17)15-11/h11-12,15H,4-10H2,1-3H3,(H,16,18). The molecule has 0 aliphatic carbocycles. The molecule has 2 atom stereocenters. The molecule has 0 aromatic rings. The van der Waals surface area contributed by atoms with Crippen LogP contribution >= 0.6 is 0 Å². The number of carbonyl (C=O) groups excluding carboxylic acids is 1. The minimum absolute atomic E-state index is 0.0831. The summed E-state index contributed by atoms with van der Waals surface area (Å²) in [6, 6.07) is 1.29. The van der Waals surface area contributed by atoms with Gasteiger partial charge in [0.1, 0.15) is 0 Å². The van der Waals surface area contributed by atoms with Crippen LogP contribution < -0.4 is 10.6 Å². The van der Waals surface area contributed by atoms with Crippen LogP contribution in [0.5, 0.6) is 0 Å². The fourth-order valence-electron chi connectivity index (χ4n) is 2.87. The van der Waals surface area contributed by atoms with Crippen LogP contribution in [0.15, 0.2) is 0 Å². The van der Waals surface area contributed by atoms with Crippen molar-refractivity contribution >= 4 is 5.91 Å². The highest BCUT2D eigenvalue weighted by molar-refractivity contribution is 5.78. The zero-order chi connectivity index (χ0) is 13.2. The highest BCUT2D eigenvalue weighted by atomic mass is 16.2. The van der Waals surface area contributed by atoms with Gasteiger partial charge in [0.2, 0.25) is 5.91 Å². The van der Waals surface area contributed by atoms with E-state index in [1.54, 1.807) is 0 Å². The van der Waals surface area contributed by atoms with E-state index in [2.05, 4.69) is 36.3 Å². The van der Waals surface area contributed by atoms with Crippen molar-refractivity contribution in [1.29, 1.82) is 0 Å². The van der Waals surface area contributed by atoms with Crippen molar-refractivity contribution in [3.63, 3.8) is 0 Å². The van der Waals surface area contributed by atoms with Gasteiger partial charge in [-0.1, -0.05) is 6.92 Å². The third-order valence-corrected chi connectivity index (χ3v) is 4.34. The molecular formula is C14H27N3O. The number of carbonyl (C=O) groups is 1. The van der Waals surface area contributed by atoms with Crippen LogP contribution in [0.3, 0.4) is 0 Å². The second-order valence-corrected chi connectivity index (χ2v) is 6.45. The second kappa shape index (κ2) is 5.57. The van der Waals surface area contributed by atoms with Crippen LogP contribution in [0.25, 0.3) is 0 Å². The molecule has 2 unspecified atom stereocenters. The van der Waals surface area contributed by atoms with Crippen LogP contribution in [0.2, 0.25) is 0 Å². The first-order chi connectivity index (χ1) is 8.48. The lowest BCUT2D eigenvalue weighted by molar-refractivity contribution is -0.123. The first-order valence-electron chi connectivity index (χ1n) is 7.28. The third kappa shape index (κ3) is 3.69. The van der Waals surface area contributed by atoms with E-state index in [0.29, 0.717) is 18.6 Å². The second-order valence-electron chi connectivity index (χ2n) is 6.45. The number of nitrogens with zero attached hydrogens (tertiary/aromatic N) is 1. The van der Waals surface area contributed by atoms with Gasteiger partial charge in [-0.25, -0.2) is 0 Å². The normalized spacial score (nSPS) is 29.1. The van der Waals surface area contributed by atoms with Crippen molar-refractivity contribution in [1.82, 2.24) is 15.5 Å². The number of amides is 1. The molecule has 4 heteroatoms. The van der Waals surface area contributed by atoms with Gasteiger partial charge >= 0.3 is 0 Å². The molecule has 0 saturated carbocycles. The fourth-order valence-corrected chi connectivity index (χ4v) is 2.87. The van der Waals surface area contributed by atoms with E-state index in [9.17, 15) is 4.79 Å². The number of likely N-dealkylation sites (tertiary alicyclic amines) is 1. The Hall–Kier alpha value is -0.610. The lowest BCUT2D eigenvalue weighted by Gasteiger charge is -2.28. The van der Waals surface area contributed by atoms with Gasteiger partial charge in [-0.2, -0.15) is 0 Å². The minimum atomic E-state index is -0.0831. The van der Waals surface area contributed by atoms with Gasteiger partial charge in [0.05, 0.1) is 6.54 Å². The number of nitrogens with one attached hydrogen (secondary N) is 2. The van der Waals surface area contributed by atoms with Crippen molar-refractivity contribution in [2.45, 2.75) is 64.1 Å². The van der Waals surface area contributed by atoms with E-state index < -0.39 is 0 Å². The summed E-state index contributed by atoms with van der Waals surface area (Å²) in [4.78, 5) is 14.3. The van der Waals surface area contributed by atoms with Gasteiger partial charge in [0.15, 0.2) is 0 Å². The summed E-state index contributed by atoms with van der Waals surface area (Å²) in [7, 11) is 0. The molecule has 2 rings (SSSR count). The maximum atomic E-state index is 12.0. The molecule has 1 amide bonds. The molecule has 2 aliphatic heterocycles. The Morgan fingerprint density at radius 3 is 2.78 bits per heavy atom. The average Bonchev–Trinajstić information content (AvgIpc) is 2.62. The van der Waals surface area contributed by atoms with Gasteiger partial charge in [0.25, 0.3) is 0 Å². The molecule has 2 bridgehead atoms. The Labute approximate surface area is 110 Å². The Bertz CT molecular complexity index is 303. The van der Waals surface area contributed by atoms with E-state index in [-0.39, 0.29) is 11.4 Å². The van der Waals surface area contributed by atoms with E-state index in [1.807, 2.05) is 0 Å². The molecule has 2 fully saturated rings. The summed E-state index contributed by atoms with van der Waals surface area (Å²) < 4.78 is 0. The summed E-state index contributed by atoms with van der Waals surface area (Å²) in [6.07, 6.45) is 4.72. The molecule has 2 aliphatic rings.